The average molecular weight is 311 g/mol. The van der Waals surface area contributed by atoms with Crippen molar-refractivity contribution in [2.24, 2.45) is 5.92 Å². The first kappa shape index (κ1) is 16.6. The Hall–Kier alpha value is -0.770. The highest BCUT2D eigenvalue weighted by Crippen LogP contribution is 2.28. The Morgan fingerprint density at radius 2 is 2.24 bits per heavy atom. The van der Waals surface area contributed by atoms with E-state index < -0.39 is 0 Å². The van der Waals surface area contributed by atoms with E-state index in [0.717, 1.165) is 44.0 Å². The molecule has 3 nitrogen and oxygen atoms in total. The number of ether oxygens (including phenoxy) is 1. The van der Waals surface area contributed by atoms with Crippen LogP contribution in [0.1, 0.15) is 32.3 Å². The maximum Gasteiger partial charge on any atom is 0.0772 e. The summed E-state index contributed by atoms with van der Waals surface area (Å²) in [4.78, 5) is 2.38. The van der Waals surface area contributed by atoms with Crippen LogP contribution < -0.4 is 10.2 Å². The molecule has 1 aromatic rings. The van der Waals surface area contributed by atoms with Gasteiger partial charge in [-0.15, -0.1) is 0 Å². The Labute approximate surface area is 133 Å². The number of nitrogens with zero attached hydrogens (tertiary/aromatic N) is 1. The molecule has 1 aliphatic rings. The summed E-state index contributed by atoms with van der Waals surface area (Å²) < 4.78 is 5.59. The molecule has 0 bridgehead atoms. The van der Waals surface area contributed by atoms with Crippen LogP contribution in [0.4, 0.5) is 5.69 Å². The van der Waals surface area contributed by atoms with Crippen LogP contribution in [0, 0.1) is 5.92 Å². The number of nitrogens with one attached hydrogen (secondary N) is 1. The zero-order valence-corrected chi connectivity index (χ0v) is 14.1. The van der Waals surface area contributed by atoms with Gasteiger partial charge in [-0.05, 0) is 43.0 Å². The van der Waals surface area contributed by atoms with E-state index in [-0.39, 0.29) is 0 Å². The molecule has 1 fully saturated rings. The molecule has 1 aromatic carbocycles. The van der Waals surface area contributed by atoms with E-state index in [1.54, 1.807) is 7.11 Å². The van der Waals surface area contributed by atoms with E-state index in [4.69, 9.17) is 16.3 Å². The minimum Gasteiger partial charge on any atom is -0.379 e. The third-order valence-corrected chi connectivity index (χ3v) is 4.69. The third kappa shape index (κ3) is 4.35. The lowest BCUT2D eigenvalue weighted by molar-refractivity contribution is 0.0498. The van der Waals surface area contributed by atoms with E-state index >= 15 is 0 Å². The van der Waals surface area contributed by atoms with Crippen LogP contribution in [-0.4, -0.2) is 32.8 Å². The summed E-state index contributed by atoms with van der Waals surface area (Å²) in [6, 6.07) is 6.41. The highest BCUT2D eigenvalue weighted by molar-refractivity contribution is 6.31. The van der Waals surface area contributed by atoms with Gasteiger partial charge in [-0.25, -0.2) is 0 Å². The fourth-order valence-electron chi connectivity index (χ4n) is 2.85. The van der Waals surface area contributed by atoms with E-state index in [2.05, 4.69) is 42.3 Å². The quantitative estimate of drug-likeness (QED) is 0.811. The zero-order chi connectivity index (χ0) is 15.2. The molecule has 1 aliphatic heterocycles. The van der Waals surface area contributed by atoms with Crippen LogP contribution >= 0.6 is 11.6 Å². The number of hydrogen-bond donors (Lipinski definition) is 1. The third-order valence-electron chi connectivity index (χ3n) is 4.34. The van der Waals surface area contributed by atoms with Crippen LogP contribution in [0.5, 0.6) is 0 Å². The number of piperidine rings is 1. The van der Waals surface area contributed by atoms with E-state index in [9.17, 15) is 0 Å². The number of benzene rings is 1. The summed E-state index contributed by atoms with van der Waals surface area (Å²) in [7, 11) is 1.81. The highest BCUT2D eigenvalue weighted by Gasteiger charge is 2.26. The van der Waals surface area contributed by atoms with Crippen molar-refractivity contribution in [1.29, 1.82) is 0 Å². The molecular weight excluding hydrogens is 284 g/mol. The molecule has 0 aromatic heterocycles. The van der Waals surface area contributed by atoms with Gasteiger partial charge in [0.2, 0.25) is 0 Å². The fraction of sp³-hybridized carbons (Fsp3) is 0.647. The molecule has 21 heavy (non-hydrogen) atoms. The second-order valence-electron chi connectivity index (χ2n) is 5.94. The van der Waals surface area contributed by atoms with Gasteiger partial charge in [-0.1, -0.05) is 31.5 Å². The number of hydrogen-bond acceptors (Lipinski definition) is 3. The number of methoxy groups -OCH3 is 1. The fourth-order valence-corrected chi connectivity index (χ4v) is 3.09. The SMILES string of the molecule is CCCNCc1ccc(N2CCC(C)C(OC)C2)cc1Cl. The Kier molecular flexibility index (Phi) is 6.34. The first-order valence-corrected chi connectivity index (χ1v) is 8.30. The summed E-state index contributed by atoms with van der Waals surface area (Å²) in [5.74, 6) is 0.624. The second kappa shape index (κ2) is 8.02. The minimum atomic E-state index is 0.309. The van der Waals surface area contributed by atoms with Gasteiger partial charge < -0.3 is 15.0 Å². The lowest BCUT2D eigenvalue weighted by Crippen LogP contribution is -2.43. The van der Waals surface area contributed by atoms with Gasteiger partial charge in [-0.2, -0.15) is 0 Å². The van der Waals surface area contributed by atoms with Gasteiger partial charge >= 0.3 is 0 Å². The smallest absolute Gasteiger partial charge is 0.0772 e. The first-order chi connectivity index (χ1) is 10.2. The van der Waals surface area contributed by atoms with Gasteiger partial charge in [0.05, 0.1) is 6.10 Å². The molecule has 0 amide bonds. The van der Waals surface area contributed by atoms with Gasteiger partial charge in [0.25, 0.3) is 0 Å². The van der Waals surface area contributed by atoms with E-state index in [1.807, 2.05) is 0 Å². The van der Waals surface area contributed by atoms with Gasteiger partial charge in [0.1, 0.15) is 0 Å². The van der Waals surface area contributed by atoms with Gasteiger partial charge in [0, 0.05) is 37.5 Å². The molecule has 0 radical (unpaired) electrons. The average Bonchev–Trinajstić information content (AvgIpc) is 2.49. The van der Waals surface area contributed by atoms with Crippen molar-refractivity contribution >= 4 is 17.3 Å². The lowest BCUT2D eigenvalue weighted by Gasteiger charge is -2.37. The summed E-state index contributed by atoms with van der Waals surface area (Å²) in [5.41, 5.74) is 2.37. The molecule has 2 rings (SSSR count). The zero-order valence-electron chi connectivity index (χ0n) is 13.4. The molecule has 0 saturated carbocycles. The maximum atomic E-state index is 6.43. The number of halogens is 1. The monoisotopic (exact) mass is 310 g/mol. The van der Waals surface area contributed by atoms with Crippen molar-refractivity contribution in [2.75, 3.05) is 31.6 Å². The van der Waals surface area contributed by atoms with Crippen molar-refractivity contribution in [3.05, 3.63) is 28.8 Å². The predicted molar refractivity (Wildman–Crippen MR) is 90.2 cm³/mol. The summed E-state index contributed by atoms with van der Waals surface area (Å²) >= 11 is 6.43. The highest BCUT2D eigenvalue weighted by atomic mass is 35.5. The number of anilines is 1. The van der Waals surface area contributed by atoms with Crippen LogP contribution in [0.15, 0.2) is 18.2 Å². The van der Waals surface area contributed by atoms with Gasteiger partial charge in [-0.3, -0.25) is 0 Å². The molecule has 1 heterocycles. The summed E-state index contributed by atoms with van der Waals surface area (Å²) in [6.45, 7) is 8.32. The van der Waals surface area contributed by atoms with Gasteiger partial charge in [0.15, 0.2) is 0 Å². The summed E-state index contributed by atoms with van der Waals surface area (Å²) in [6.07, 6.45) is 2.61. The van der Waals surface area contributed by atoms with Crippen LogP contribution in [-0.2, 0) is 11.3 Å². The molecule has 0 aliphatic carbocycles. The standard InChI is InChI=1S/C17H27ClN2O/c1-4-8-19-11-14-5-6-15(10-16(14)18)20-9-7-13(2)17(12-20)21-3/h5-6,10,13,17,19H,4,7-9,11-12H2,1-3H3. The molecule has 2 atom stereocenters. The van der Waals surface area contributed by atoms with Crippen LogP contribution in [0.25, 0.3) is 0 Å². The largest absolute Gasteiger partial charge is 0.379 e. The number of rotatable bonds is 6. The normalized spacial score (nSPS) is 22.6. The van der Waals surface area contributed by atoms with Crippen molar-refractivity contribution in [1.82, 2.24) is 5.32 Å². The topological polar surface area (TPSA) is 24.5 Å². The van der Waals surface area contributed by atoms with Crippen molar-refractivity contribution in [2.45, 2.75) is 39.3 Å². The van der Waals surface area contributed by atoms with Crippen LogP contribution in [0.3, 0.4) is 0 Å². The van der Waals surface area contributed by atoms with Crippen molar-refractivity contribution in [3.8, 4) is 0 Å². The Balaban J connectivity index is 2.02. The molecule has 118 valence electrons. The second-order valence-corrected chi connectivity index (χ2v) is 6.35. The van der Waals surface area contributed by atoms with Crippen LogP contribution in [0.2, 0.25) is 5.02 Å². The molecule has 1 saturated heterocycles. The molecule has 0 spiro atoms. The van der Waals surface area contributed by atoms with Crippen molar-refractivity contribution in [3.63, 3.8) is 0 Å². The minimum absolute atomic E-state index is 0.309. The molecule has 2 unspecified atom stereocenters. The molecular formula is C17H27ClN2O. The molecule has 1 N–H and O–H groups in total. The van der Waals surface area contributed by atoms with E-state index in [1.165, 1.54) is 11.3 Å². The predicted octanol–water partition coefficient (Wildman–Crippen LogP) is 3.70. The maximum absolute atomic E-state index is 6.43. The summed E-state index contributed by atoms with van der Waals surface area (Å²) in [5, 5.41) is 4.25. The van der Waals surface area contributed by atoms with E-state index in [0.29, 0.717) is 12.0 Å². The Morgan fingerprint density at radius 3 is 2.90 bits per heavy atom. The lowest BCUT2D eigenvalue weighted by atomic mass is 9.95. The first-order valence-electron chi connectivity index (χ1n) is 7.92. The Morgan fingerprint density at radius 1 is 1.43 bits per heavy atom. The molecule has 4 heteroatoms. The Bertz CT molecular complexity index is 452. The van der Waals surface area contributed by atoms with Crippen molar-refractivity contribution < 1.29 is 4.74 Å².